The van der Waals surface area contributed by atoms with Crippen molar-refractivity contribution in [1.82, 2.24) is 0 Å². The van der Waals surface area contributed by atoms with Gasteiger partial charge in [0.15, 0.2) is 0 Å². The minimum absolute atomic E-state index is 0.0385. The van der Waals surface area contributed by atoms with Crippen LogP contribution in [0.25, 0.3) is 0 Å². The number of benzene rings is 1. The molecule has 4 heteroatoms. The van der Waals surface area contributed by atoms with Crippen molar-refractivity contribution in [3.63, 3.8) is 0 Å². The molecule has 4 nitrogen and oxygen atoms in total. The van der Waals surface area contributed by atoms with Gasteiger partial charge in [0.05, 0.1) is 13.2 Å². The molecule has 1 aromatic carbocycles. The lowest BCUT2D eigenvalue weighted by molar-refractivity contribution is 0.182. The number of rotatable bonds is 15. The minimum atomic E-state index is -0.573. The Morgan fingerprint density at radius 2 is 1.74 bits per heavy atom. The summed E-state index contributed by atoms with van der Waals surface area (Å²) in [5, 5.41) is 19.6. The van der Waals surface area contributed by atoms with Gasteiger partial charge in [-0.3, -0.25) is 0 Å². The number of phenolic OH excluding ortho intramolecular Hbond substituents is 1. The van der Waals surface area contributed by atoms with E-state index in [2.05, 4.69) is 13.8 Å². The van der Waals surface area contributed by atoms with E-state index in [4.69, 9.17) is 10.5 Å². The van der Waals surface area contributed by atoms with E-state index in [1.807, 2.05) is 19.1 Å². The maximum Gasteiger partial charge on any atom is 0.122 e. The lowest BCUT2D eigenvalue weighted by atomic mass is 9.90. The van der Waals surface area contributed by atoms with Crippen LogP contribution in [0, 0.1) is 5.92 Å². The van der Waals surface area contributed by atoms with Gasteiger partial charge in [-0.25, -0.2) is 0 Å². The highest BCUT2D eigenvalue weighted by Crippen LogP contribution is 2.26. The molecule has 0 aliphatic rings. The summed E-state index contributed by atoms with van der Waals surface area (Å²) >= 11 is 0. The third kappa shape index (κ3) is 10.0. The third-order valence-corrected chi connectivity index (χ3v) is 5.41. The van der Waals surface area contributed by atoms with Crippen LogP contribution in [0.1, 0.15) is 84.1 Å². The van der Waals surface area contributed by atoms with Gasteiger partial charge in [0, 0.05) is 11.6 Å². The second kappa shape index (κ2) is 13.0. The van der Waals surface area contributed by atoms with Gasteiger partial charge in [0.1, 0.15) is 11.5 Å². The average Bonchev–Trinajstić information content (AvgIpc) is 2.65. The van der Waals surface area contributed by atoms with Crippen molar-refractivity contribution in [1.29, 1.82) is 0 Å². The van der Waals surface area contributed by atoms with E-state index >= 15 is 0 Å². The van der Waals surface area contributed by atoms with Crippen LogP contribution >= 0.6 is 0 Å². The molecule has 0 saturated carbocycles. The van der Waals surface area contributed by atoms with Crippen LogP contribution in [0.2, 0.25) is 0 Å². The summed E-state index contributed by atoms with van der Waals surface area (Å²) in [5.74, 6) is 1.78. The van der Waals surface area contributed by atoms with E-state index in [-0.39, 0.29) is 12.4 Å². The molecule has 0 bridgehead atoms. The first kappa shape index (κ1) is 23.8. The fourth-order valence-corrected chi connectivity index (χ4v) is 3.15. The molecule has 0 aromatic heterocycles. The number of hydrogen-bond acceptors (Lipinski definition) is 4. The zero-order valence-corrected chi connectivity index (χ0v) is 17.7. The molecule has 0 unspecified atom stereocenters. The first-order chi connectivity index (χ1) is 12.9. The molecule has 0 saturated heterocycles. The van der Waals surface area contributed by atoms with E-state index in [9.17, 15) is 10.2 Å². The molecule has 1 rings (SSSR count). The Kier molecular flexibility index (Phi) is 11.5. The largest absolute Gasteiger partial charge is 0.508 e. The highest BCUT2D eigenvalue weighted by molar-refractivity contribution is 5.39. The summed E-state index contributed by atoms with van der Waals surface area (Å²) in [6.07, 6.45) is 10.9. The van der Waals surface area contributed by atoms with E-state index < -0.39 is 5.54 Å². The first-order valence-electron chi connectivity index (χ1n) is 10.7. The predicted molar refractivity (Wildman–Crippen MR) is 113 cm³/mol. The molecule has 156 valence electrons. The summed E-state index contributed by atoms with van der Waals surface area (Å²) in [7, 11) is 0. The number of hydrogen-bond donors (Lipinski definition) is 3. The van der Waals surface area contributed by atoms with Crippen LogP contribution in [0.5, 0.6) is 11.5 Å². The number of nitrogens with two attached hydrogens (primary N) is 1. The number of phenols is 1. The molecular weight excluding hydrogens is 338 g/mol. The Morgan fingerprint density at radius 3 is 2.33 bits per heavy atom. The Labute approximate surface area is 166 Å². The van der Waals surface area contributed by atoms with Crippen LogP contribution < -0.4 is 10.5 Å². The second-order valence-corrected chi connectivity index (χ2v) is 8.32. The molecule has 0 aliphatic heterocycles. The Bertz CT molecular complexity index is 512. The topological polar surface area (TPSA) is 75.7 Å². The molecule has 0 amide bonds. The zero-order valence-electron chi connectivity index (χ0n) is 17.7. The van der Waals surface area contributed by atoms with Crippen molar-refractivity contribution in [2.45, 2.75) is 90.5 Å². The molecule has 0 spiro atoms. The molecule has 0 radical (unpaired) electrons. The van der Waals surface area contributed by atoms with E-state index in [1.54, 1.807) is 6.07 Å². The summed E-state index contributed by atoms with van der Waals surface area (Å²) in [4.78, 5) is 0. The second-order valence-electron chi connectivity index (χ2n) is 8.32. The number of aliphatic hydroxyl groups is 1. The fourth-order valence-electron chi connectivity index (χ4n) is 3.15. The van der Waals surface area contributed by atoms with Crippen molar-refractivity contribution in [3.05, 3.63) is 23.8 Å². The fraction of sp³-hybridized carbons (Fsp3) is 0.739. The smallest absolute Gasteiger partial charge is 0.122 e. The number of aliphatic hydroxyl groups excluding tert-OH is 1. The minimum Gasteiger partial charge on any atom is -0.508 e. The van der Waals surface area contributed by atoms with Gasteiger partial charge in [-0.15, -0.1) is 0 Å². The molecular formula is C23H41NO3. The van der Waals surface area contributed by atoms with Crippen LogP contribution in [-0.2, 0) is 6.42 Å². The third-order valence-electron chi connectivity index (χ3n) is 5.41. The van der Waals surface area contributed by atoms with Crippen molar-refractivity contribution in [2.75, 3.05) is 13.2 Å². The van der Waals surface area contributed by atoms with Crippen LogP contribution in [0.3, 0.4) is 0 Å². The molecule has 0 heterocycles. The van der Waals surface area contributed by atoms with Crippen LogP contribution in [0.4, 0.5) is 0 Å². The van der Waals surface area contributed by atoms with E-state index in [0.29, 0.717) is 31.6 Å². The van der Waals surface area contributed by atoms with Crippen molar-refractivity contribution in [3.8, 4) is 11.5 Å². The molecule has 0 fully saturated rings. The van der Waals surface area contributed by atoms with Gasteiger partial charge in [0.2, 0.25) is 0 Å². The van der Waals surface area contributed by atoms with Crippen molar-refractivity contribution < 1.29 is 14.9 Å². The van der Waals surface area contributed by atoms with Gasteiger partial charge < -0.3 is 20.7 Å². The standard InChI is InChI=1S/C23H41NO3/c1-4-23(24,18-25)15-14-20-12-13-21(17-22(20)26)27-16-10-8-6-5-7-9-11-19(2)3/h12-13,17,19,25-26H,4-11,14-16,18,24H2,1-3H3/t23-/m0/s1. The molecule has 27 heavy (non-hydrogen) atoms. The summed E-state index contributed by atoms with van der Waals surface area (Å²) in [6, 6.07) is 5.49. The summed E-state index contributed by atoms with van der Waals surface area (Å²) in [5.41, 5.74) is 6.39. The number of unbranched alkanes of at least 4 members (excludes halogenated alkanes) is 5. The van der Waals surface area contributed by atoms with Gasteiger partial charge in [-0.2, -0.15) is 0 Å². The lowest BCUT2D eigenvalue weighted by Crippen LogP contribution is -2.43. The number of aromatic hydroxyl groups is 1. The van der Waals surface area contributed by atoms with Gasteiger partial charge in [0.25, 0.3) is 0 Å². The Hall–Kier alpha value is -1.26. The molecule has 0 aliphatic carbocycles. The molecule has 1 atom stereocenters. The monoisotopic (exact) mass is 379 g/mol. The average molecular weight is 380 g/mol. The highest BCUT2D eigenvalue weighted by atomic mass is 16.5. The predicted octanol–water partition coefficient (Wildman–Crippen LogP) is 5.19. The van der Waals surface area contributed by atoms with Crippen LogP contribution in [-0.4, -0.2) is 29.0 Å². The van der Waals surface area contributed by atoms with Crippen LogP contribution in [0.15, 0.2) is 18.2 Å². The van der Waals surface area contributed by atoms with Crippen molar-refractivity contribution >= 4 is 0 Å². The van der Waals surface area contributed by atoms with Gasteiger partial charge in [-0.05, 0) is 43.2 Å². The Balaban J connectivity index is 2.23. The van der Waals surface area contributed by atoms with E-state index in [1.165, 1.54) is 38.5 Å². The zero-order chi connectivity index (χ0) is 20.1. The van der Waals surface area contributed by atoms with Gasteiger partial charge in [-0.1, -0.05) is 65.4 Å². The van der Waals surface area contributed by atoms with Gasteiger partial charge >= 0.3 is 0 Å². The SMILES string of the molecule is CC[C@@](N)(CO)CCc1ccc(OCCCCCCCCC(C)C)cc1O. The number of aryl methyl sites for hydroxylation is 1. The maximum absolute atomic E-state index is 10.2. The molecule has 1 aromatic rings. The highest BCUT2D eigenvalue weighted by Gasteiger charge is 2.21. The Morgan fingerprint density at radius 1 is 1.07 bits per heavy atom. The summed E-state index contributed by atoms with van der Waals surface area (Å²) < 4.78 is 5.76. The summed E-state index contributed by atoms with van der Waals surface area (Å²) in [6.45, 7) is 7.19. The quantitative estimate of drug-likeness (QED) is 0.367. The lowest BCUT2D eigenvalue weighted by Gasteiger charge is -2.25. The normalized spacial score (nSPS) is 13.7. The van der Waals surface area contributed by atoms with E-state index in [0.717, 1.165) is 17.9 Å². The molecule has 4 N–H and O–H groups in total. The van der Waals surface area contributed by atoms with Crippen molar-refractivity contribution in [2.24, 2.45) is 11.7 Å². The number of ether oxygens (including phenoxy) is 1. The first-order valence-corrected chi connectivity index (χ1v) is 10.7. The maximum atomic E-state index is 10.2.